The number of Topliss-reactive ketones (excluding diaryl/α,β-unsaturated/α-hetero) is 1. The fourth-order valence-electron chi connectivity index (χ4n) is 2.05. The van der Waals surface area contributed by atoms with Crippen LogP contribution in [0.15, 0.2) is 0 Å². The lowest BCUT2D eigenvalue weighted by atomic mass is 9.79. The van der Waals surface area contributed by atoms with Gasteiger partial charge in [-0.1, -0.05) is 35.2 Å². The molecule has 0 aliphatic heterocycles. The minimum absolute atomic E-state index is 0.0799. The number of amides is 1. The van der Waals surface area contributed by atoms with Gasteiger partial charge >= 0.3 is 6.43 Å². The highest BCUT2D eigenvalue weighted by molar-refractivity contribution is 9.09. The van der Waals surface area contributed by atoms with E-state index in [1.165, 1.54) is 0 Å². The van der Waals surface area contributed by atoms with Gasteiger partial charge in [-0.05, 0) is 12.8 Å². The Labute approximate surface area is 101 Å². The number of rotatable bonds is 4. The first-order chi connectivity index (χ1) is 7.52. The van der Waals surface area contributed by atoms with E-state index in [-0.39, 0.29) is 11.1 Å². The second-order valence-corrected chi connectivity index (χ2v) is 4.55. The number of carbonyl (C=O) groups is 2. The van der Waals surface area contributed by atoms with Crippen molar-refractivity contribution >= 4 is 27.6 Å². The van der Waals surface area contributed by atoms with Crippen molar-refractivity contribution < 1.29 is 18.4 Å². The summed E-state index contributed by atoms with van der Waals surface area (Å²) in [5.41, 5.74) is -1.07. The van der Waals surface area contributed by atoms with Gasteiger partial charge in [-0.15, -0.1) is 0 Å². The van der Waals surface area contributed by atoms with Crippen molar-refractivity contribution in [3.8, 4) is 0 Å². The van der Waals surface area contributed by atoms with Crippen molar-refractivity contribution in [1.29, 1.82) is 0 Å². The Morgan fingerprint density at radius 1 is 1.25 bits per heavy atom. The van der Waals surface area contributed by atoms with Gasteiger partial charge in [0.05, 0.1) is 10.9 Å². The summed E-state index contributed by atoms with van der Waals surface area (Å²) >= 11 is 3.02. The molecule has 1 rings (SSSR count). The first-order valence-electron chi connectivity index (χ1n) is 5.21. The van der Waals surface area contributed by atoms with Gasteiger partial charge in [0.2, 0.25) is 0 Å². The van der Waals surface area contributed by atoms with E-state index >= 15 is 0 Å². The van der Waals surface area contributed by atoms with Crippen molar-refractivity contribution in [2.45, 2.75) is 44.1 Å². The summed E-state index contributed by atoms with van der Waals surface area (Å²) in [6.45, 7) is 0. The van der Waals surface area contributed by atoms with Crippen LogP contribution in [0.5, 0.6) is 0 Å². The van der Waals surface area contributed by atoms with Gasteiger partial charge in [-0.25, -0.2) is 0 Å². The zero-order chi connectivity index (χ0) is 12.2. The molecular weight excluding hydrogens is 284 g/mol. The van der Waals surface area contributed by atoms with Crippen LogP contribution in [-0.2, 0) is 9.59 Å². The summed E-state index contributed by atoms with van der Waals surface area (Å²) in [6.07, 6.45) is 0.375. The molecule has 0 radical (unpaired) electrons. The fraction of sp³-hybridized carbons (Fsp3) is 0.800. The average molecular weight is 298 g/mol. The highest BCUT2D eigenvalue weighted by Crippen LogP contribution is 2.29. The second kappa shape index (κ2) is 5.70. The van der Waals surface area contributed by atoms with Gasteiger partial charge in [-0.2, -0.15) is 8.78 Å². The van der Waals surface area contributed by atoms with E-state index in [0.717, 1.165) is 19.3 Å². The van der Waals surface area contributed by atoms with Crippen LogP contribution in [0.3, 0.4) is 0 Å². The topological polar surface area (TPSA) is 46.2 Å². The Balaban J connectivity index is 2.78. The van der Waals surface area contributed by atoms with Gasteiger partial charge in [0.15, 0.2) is 5.78 Å². The lowest BCUT2D eigenvalue weighted by Crippen LogP contribution is -2.57. The second-order valence-electron chi connectivity index (χ2n) is 3.99. The highest BCUT2D eigenvalue weighted by Gasteiger charge is 2.41. The highest BCUT2D eigenvalue weighted by atomic mass is 79.9. The number of carbonyl (C=O) groups excluding carboxylic acids is 2. The fourth-order valence-corrected chi connectivity index (χ4v) is 2.58. The maximum Gasteiger partial charge on any atom is 0.315 e. The first-order valence-corrected chi connectivity index (χ1v) is 6.33. The quantitative estimate of drug-likeness (QED) is 0.807. The van der Waals surface area contributed by atoms with Crippen LogP contribution >= 0.6 is 15.9 Å². The third-order valence-electron chi connectivity index (χ3n) is 2.92. The lowest BCUT2D eigenvalue weighted by molar-refractivity contribution is -0.138. The molecule has 1 aliphatic carbocycles. The van der Waals surface area contributed by atoms with Crippen molar-refractivity contribution in [2.75, 3.05) is 5.33 Å². The Bertz CT molecular complexity index is 278. The Morgan fingerprint density at radius 2 is 1.81 bits per heavy atom. The maximum atomic E-state index is 12.2. The molecule has 0 aromatic heterocycles. The van der Waals surface area contributed by atoms with Gasteiger partial charge in [0.25, 0.3) is 5.91 Å². The number of alkyl halides is 3. The molecule has 0 bridgehead atoms. The van der Waals surface area contributed by atoms with E-state index in [4.69, 9.17) is 0 Å². The molecule has 3 nitrogen and oxygen atoms in total. The lowest BCUT2D eigenvalue weighted by Gasteiger charge is -2.36. The van der Waals surface area contributed by atoms with Crippen LogP contribution in [-0.4, -0.2) is 29.0 Å². The van der Waals surface area contributed by atoms with Crippen molar-refractivity contribution in [2.24, 2.45) is 0 Å². The smallest absolute Gasteiger partial charge is 0.315 e. The molecule has 0 atom stereocenters. The molecular formula is C10H14BrF2NO2. The van der Waals surface area contributed by atoms with Crippen molar-refractivity contribution in [3.05, 3.63) is 0 Å². The number of ketones is 1. The van der Waals surface area contributed by atoms with Crippen LogP contribution in [0.4, 0.5) is 8.78 Å². The predicted octanol–water partition coefficient (Wildman–Crippen LogP) is 2.03. The maximum absolute atomic E-state index is 12.2. The molecule has 1 amide bonds. The first kappa shape index (κ1) is 13.5. The summed E-state index contributed by atoms with van der Waals surface area (Å²) in [6, 6.07) is 0. The summed E-state index contributed by atoms with van der Waals surface area (Å²) in [4.78, 5) is 22.7. The molecule has 1 N–H and O–H groups in total. The molecule has 0 aromatic rings. The molecule has 6 heteroatoms. The van der Waals surface area contributed by atoms with Crippen LogP contribution < -0.4 is 5.32 Å². The van der Waals surface area contributed by atoms with E-state index in [2.05, 4.69) is 21.2 Å². The molecule has 1 saturated carbocycles. The molecule has 92 valence electrons. The Kier molecular flexibility index (Phi) is 4.83. The minimum Gasteiger partial charge on any atom is -0.339 e. The van der Waals surface area contributed by atoms with Crippen LogP contribution in [0.1, 0.15) is 32.1 Å². The molecule has 0 spiro atoms. The van der Waals surface area contributed by atoms with Gasteiger partial charge in [0.1, 0.15) is 0 Å². The van der Waals surface area contributed by atoms with E-state index in [1.807, 2.05) is 0 Å². The summed E-state index contributed by atoms with van der Waals surface area (Å²) in [7, 11) is 0. The summed E-state index contributed by atoms with van der Waals surface area (Å²) in [5, 5.41) is 2.29. The molecule has 1 aliphatic rings. The SMILES string of the molecule is O=C(NC1(C(=O)CBr)CCCCC1)C(F)F. The predicted molar refractivity (Wildman–Crippen MR) is 58.8 cm³/mol. The van der Waals surface area contributed by atoms with E-state index < -0.39 is 17.9 Å². The average Bonchev–Trinajstić information content (AvgIpc) is 2.29. The van der Waals surface area contributed by atoms with Gasteiger partial charge < -0.3 is 5.32 Å². The molecule has 16 heavy (non-hydrogen) atoms. The summed E-state index contributed by atoms with van der Waals surface area (Å²) < 4.78 is 24.4. The van der Waals surface area contributed by atoms with Gasteiger partial charge in [-0.3, -0.25) is 9.59 Å². The molecule has 0 unspecified atom stereocenters. The Morgan fingerprint density at radius 3 is 2.25 bits per heavy atom. The molecule has 0 aromatic carbocycles. The third kappa shape index (κ3) is 2.99. The number of hydrogen-bond donors (Lipinski definition) is 1. The van der Waals surface area contributed by atoms with Crippen LogP contribution in [0, 0.1) is 0 Å². The van der Waals surface area contributed by atoms with E-state index in [1.54, 1.807) is 0 Å². The molecule has 0 heterocycles. The minimum atomic E-state index is -3.07. The van der Waals surface area contributed by atoms with E-state index in [9.17, 15) is 18.4 Å². The zero-order valence-electron chi connectivity index (χ0n) is 8.77. The van der Waals surface area contributed by atoms with Gasteiger partial charge in [0, 0.05) is 0 Å². The zero-order valence-corrected chi connectivity index (χ0v) is 10.4. The largest absolute Gasteiger partial charge is 0.339 e. The van der Waals surface area contributed by atoms with E-state index in [0.29, 0.717) is 12.8 Å². The molecule has 0 saturated heterocycles. The third-order valence-corrected chi connectivity index (χ3v) is 3.43. The summed E-state index contributed by atoms with van der Waals surface area (Å²) in [5.74, 6) is -1.57. The van der Waals surface area contributed by atoms with Crippen molar-refractivity contribution in [1.82, 2.24) is 5.32 Å². The molecule has 1 fully saturated rings. The monoisotopic (exact) mass is 297 g/mol. The van der Waals surface area contributed by atoms with Crippen LogP contribution in [0.25, 0.3) is 0 Å². The number of nitrogens with one attached hydrogen (secondary N) is 1. The Hall–Kier alpha value is -0.520. The standard InChI is InChI=1S/C10H14BrF2NO2/c11-6-7(15)10(4-2-1-3-5-10)14-9(16)8(12)13/h8H,1-6H2,(H,14,16). The number of halogens is 3. The number of hydrogen-bond acceptors (Lipinski definition) is 2. The van der Waals surface area contributed by atoms with Crippen LogP contribution in [0.2, 0.25) is 0 Å². The normalized spacial score (nSPS) is 19.5. The van der Waals surface area contributed by atoms with Crippen molar-refractivity contribution in [3.63, 3.8) is 0 Å².